The number of hydrogen-bond acceptors (Lipinski definition) is 4. The Balaban J connectivity index is 2.98. The highest BCUT2D eigenvalue weighted by atomic mass is 16.1. The van der Waals surface area contributed by atoms with Crippen molar-refractivity contribution in [3.8, 4) is 0 Å². The summed E-state index contributed by atoms with van der Waals surface area (Å²) in [7, 11) is 0. The SMILES string of the molecule is O=C=NCCCCCCCCCN=C=O. The van der Waals surface area contributed by atoms with E-state index >= 15 is 0 Å². The van der Waals surface area contributed by atoms with Crippen LogP contribution in [0.15, 0.2) is 9.98 Å². The summed E-state index contributed by atoms with van der Waals surface area (Å²) in [5.74, 6) is 0. The van der Waals surface area contributed by atoms with Gasteiger partial charge in [0.15, 0.2) is 0 Å². The largest absolute Gasteiger partial charge is 0.234 e. The summed E-state index contributed by atoms with van der Waals surface area (Å²) in [6, 6.07) is 0. The second-order valence-electron chi connectivity index (χ2n) is 3.42. The topological polar surface area (TPSA) is 58.9 Å². The third-order valence-corrected chi connectivity index (χ3v) is 2.17. The molecule has 84 valence electrons. The van der Waals surface area contributed by atoms with Crippen LogP contribution in [-0.2, 0) is 9.59 Å². The van der Waals surface area contributed by atoms with Gasteiger partial charge in [-0.05, 0) is 12.8 Å². The maximum atomic E-state index is 9.74. The highest BCUT2D eigenvalue weighted by molar-refractivity contribution is 5.32. The minimum atomic E-state index is 0.609. The molecule has 0 amide bonds. The molecular formula is C11H18N2O2. The van der Waals surface area contributed by atoms with Gasteiger partial charge < -0.3 is 0 Å². The molecule has 0 bridgehead atoms. The lowest BCUT2D eigenvalue weighted by Gasteiger charge is -1.98. The highest BCUT2D eigenvalue weighted by Crippen LogP contribution is 2.07. The minimum Gasteiger partial charge on any atom is -0.211 e. The zero-order valence-electron chi connectivity index (χ0n) is 9.07. The molecular weight excluding hydrogens is 192 g/mol. The van der Waals surface area contributed by atoms with Gasteiger partial charge in [0.05, 0.1) is 13.1 Å². The first-order valence-electron chi connectivity index (χ1n) is 5.49. The van der Waals surface area contributed by atoms with Gasteiger partial charge in [-0.2, -0.15) is 0 Å². The average molecular weight is 210 g/mol. The van der Waals surface area contributed by atoms with Crippen LogP contribution in [0, 0.1) is 0 Å². The Labute approximate surface area is 90.5 Å². The number of aliphatic imine (C=N–C) groups is 2. The number of unbranched alkanes of at least 4 members (excludes halogenated alkanes) is 6. The number of rotatable bonds is 10. The fourth-order valence-corrected chi connectivity index (χ4v) is 1.36. The molecule has 0 aliphatic heterocycles. The summed E-state index contributed by atoms with van der Waals surface area (Å²) >= 11 is 0. The smallest absolute Gasteiger partial charge is 0.211 e. The highest BCUT2D eigenvalue weighted by Gasteiger charge is 1.91. The lowest BCUT2D eigenvalue weighted by Crippen LogP contribution is -1.85. The van der Waals surface area contributed by atoms with Crippen LogP contribution in [0.25, 0.3) is 0 Å². The Morgan fingerprint density at radius 1 is 0.600 bits per heavy atom. The monoisotopic (exact) mass is 210 g/mol. The van der Waals surface area contributed by atoms with Crippen molar-refractivity contribution in [2.75, 3.05) is 13.1 Å². The van der Waals surface area contributed by atoms with Gasteiger partial charge in [-0.1, -0.05) is 32.1 Å². The van der Waals surface area contributed by atoms with E-state index in [1.807, 2.05) is 0 Å². The predicted molar refractivity (Wildman–Crippen MR) is 58.3 cm³/mol. The first-order valence-corrected chi connectivity index (χ1v) is 5.49. The summed E-state index contributed by atoms with van der Waals surface area (Å²) < 4.78 is 0. The second kappa shape index (κ2) is 12.8. The van der Waals surface area contributed by atoms with E-state index < -0.39 is 0 Å². The molecule has 0 aromatic rings. The third kappa shape index (κ3) is 12.8. The normalized spacial score (nSPS) is 9.07. The lowest BCUT2D eigenvalue weighted by atomic mass is 10.1. The molecule has 0 N–H and O–H groups in total. The van der Waals surface area contributed by atoms with Crippen molar-refractivity contribution in [3.05, 3.63) is 0 Å². The van der Waals surface area contributed by atoms with Gasteiger partial charge in [0.2, 0.25) is 12.2 Å². The van der Waals surface area contributed by atoms with E-state index in [9.17, 15) is 9.59 Å². The fourth-order valence-electron chi connectivity index (χ4n) is 1.36. The Morgan fingerprint density at radius 3 is 1.27 bits per heavy atom. The van der Waals surface area contributed by atoms with Gasteiger partial charge in [0, 0.05) is 0 Å². The van der Waals surface area contributed by atoms with Crippen molar-refractivity contribution in [1.82, 2.24) is 0 Å². The Kier molecular flexibility index (Phi) is 11.7. The van der Waals surface area contributed by atoms with Crippen LogP contribution in [0.1, 0.15) is 44.9 Å². The molecule has 0 unspecified atom stereocenters. The fraction of sp³-hybridized carbons (Fsp3) is 0.818. The Bertz CT molecular complexity index is 205. The van der Waals surface area contributed by atoms with Gasteiger partial charge in [-0.3, -0.25) is 0 Å². The van der Waals surface area contributed by atoms with Crippen LogP contribution in [0.4, 0.5) is 0 Å². The number of nitrogens with zero attached hydrogens (tertiary/aromatic N) is 2. The maximum Gasteiger partial charge on any atom is 0.234 e. The first kappa shape index (κ1) is 13.8. The van der Waals surface area contributed by atoms with Crippen LogP contribution in [0.2, 0.25) is 0 Å². The molecule has 0 radical (unpaired) electrons. The van der Waals surface area contributed by atoms with E-state index in [1.165, 1.54) is 31.4 Å². The molecule has 4 nitrogen and oxygen atoms in total. The van der Waals surface area contributed by atoms with E-state index in [0.717, 1.165) is 25.7 Å². The molecule has 0 rings (SSSR count). The standard InChI is InChI=1S/C11H18N2O2/c14-10-12-8-6-4-2-1-3-5-7-9-13-11-15/h1-9H2. The molecule has 0 aromatic carbocycles. The van der Waals surface area contributed by atoms with Crippen molar-refractivity contribution in [2.24, 2.45) is 9.98 Å². The zero-order chi connectivity index (χ0) is 11.2. The van der Waals surface area contributed by atoms with E-state index in [-0.39, 0.29) is 0 Å². The molecule has 0 atom stereocenters. The van der Waals surface area contributed by atoms with E-state index in [0.29, 0.717) is 13.1 Å². The van der Waals surface area contributed by atoms with Crippen molar-refractivity contribution >= 4 is 12.2 Å². The Morgan fingerprint density at radius 2 is 0.933 bits per heavy atom. The first-order chi connectivity index (χ1) is 7.41. The van der Waals surface area contributed by atoms with Crippen molar-refractivity contribution < 1.29 is 9.59 Å². The summed E-state index contributed by atoms with van der Waals surface area (Å²) in [6.45, 7) is 1.22. The van der Waals surface area contributed by atoms with Gasteiger partial charge in [-0.25, -0.2) is 19.6 Å². The van der Waals surface area contributed by atoms with Crippen molar-refractivity contribution in [3.63, 3.8) is 0 Å². The molecule has 0 heterocycles. The molecule has 0 saturated heterocycles. The average Bonchev–Trinajstić information content (AvgIpc) is 2.26. The van der Waals surface area contributed by atoms with Crippen LogP contribution in [-0.4, -0.2) is 25.2 Å². The van der Waals surface area contributed by atoms with Crippen molar-refractivity contribution in [1.29, 1.82) is 0 Å². The van der Waals surface area contributed by atoms with E-state index in [2.05, 4.69) is 9.98 Å². The van der Waals surface area contributed by atoms with Gasteiger partial charge in [0.25, 0.3) is 0 Å². The summed E-state index contributed by atoms with van der Waals surface area (Å²) in [5.41, 5.74) is 0. The van der Waals surface area contributed by atoms with Crippen LogP contribution >= 0.6 is 0 Å². The lowest BCUT2D eigenvalue weighted by molar-refractivity contribution is 0.557. The predicted octanol–water partition coefficient (Wildman–Crippen LogP) is 2.39. The van der Waals surface area contributed by atoms with Gasteiger partial charge >= 0.3 is 0 Å². The molecule has 4 heteroatoms. The summed E-state index contributed by atoms with van der Waals surface area (Å²) in [4.78, 5) is 26.4. The van der Waals surface area contributed by atoms with Crippen LogP contribution in [0.5, 0.6) is 0 Å². The minimum absolute atomic E-state index is 0.609. The number of hydrogen-bond donors (Lipinski definition) is 0. The molecule has 0 aliphatic carbocycles. The molecule has 0 fully saturated rings. The Hall–Kier alpha value is -1.24. The van der Waals surface area contributed by atoms with Gasteiger partial charge in [-0.15, -0.1) is 0 Å². The van der Waals surface area contributed by atoms with Crippen molar-refractivity contribution in [2.45, 2.75) is 44.9 Å². The van der Waals surface area contributed by atoms with E-state index in [4.69, 9.17) is 0 Å². The van der Waals surface area contributed by atoms with Gasteiger partial charge in [0.1, 0.15) is 0 Å². The van der Waals surface area contributed by atoms with Crippen LogP contribution in [0.3, 0.4) is 0 Å². The molecule has 0 aromatic heterocycles. The molecule has 0 aliphatic rings. The molecule has 0 spiro atoms. The van der Waals surface area contributed by atoms with E-state index in [1.54, 1.807) is 0 Å². The number of carbonyl (C=O) groups excluding carboxylic acids is 2. The molecule has 15 heavy (non-hydrogen) atoms. The van der Waals surface area contributed by atoms with Crippen LogP contribution < -0.4 is 0 Å². The summed E-state index contributed by atoms with van der Waals surface area (Å²) in [5, 5.41) is 0. The maximum absolute atomic E-state index is 9.74. The third-order valence-electron chi connectivity index (χ3n) is 2.17. The zero-order valence-corrected chi connectivity index (χ0v) is 9.07. The molecule has 0 saturated carbocycles. The number of isocyanates is 2. The summed E-state index contributed by atoms with van der Waals surface area (Å²) in [6.07, 6.45) is 10.8. The second-order valence-corrected chi connectivity index (χ2v) is 3.42. The quantitative estimate of drug-likeness (QED) is 0.316.